The molecule has 0 aliphatic carbocycles. The molecular weight excluding hydrogens is 518 g/mol. The lowest BCUT2D eigenvalue weighted by molar-refractivity contribution is 0.0955. The Morgan fingerprint density at radius 3 is 2.36 bits per heavy atom. The Balaban J connectivity index is 1.46. The Morgan fingerprint density at radius 2 is 1.64 bits per heavy atom. The maximum absolute atomic E-state index is 13.0. The number of hydrazone groups is 1. The number of benzene rings is 3. The van der Waals surface area contributed by atoms with Gasteiger partial charge in [-0.2, -0.15) is 5.10 Å². The molecule has 2 heterocycles. The third-order valence-electron chi connectivity index (χ3n) is 5.64. The first-order valence-electron chi connectivity index (χ1n) is 11.2. The molecule has 176 valence electrons. The minimum absolute atomic E-state index is 0.223. The van der Waals surface area contributed by atoms with E-state index in [4.69, 9.17) is 9.40 Å². The van der Waals surface area contributed by atoms with E-state index >= 15 is 0 Å². The third kappa shape index (κ3) is 5.01. The third-order valence-corrected chi connectivity index (χ3v) is 6.13. The number of hydrogen-bond acceptors (Lipinski definition) is 5. The highest BCUT2D eigenvalue weighted by Gasteiger charge is 2.13. The Labute approximate surface area is 215 Å². The van der Waals surface area contributed by atoms with E-state index < -0.39 is 5.91 Å². The normalized spacial score (nSPS) is 11.2. The highest BCUT2D eigenvalue weighted by molar-refractivity contribution is 9.10. The lowest BCUT2D eigenvalue weighted by Crippen LogP contribution is -2.19. The molecular formula is C29H20BrN3O3. The van der Waals surface area contributed by atoms with Crippen molar-refractivity contribution in [2.24, 2.45) is 5.10 Å². The van der Waals surface area contributed by atoms with Gasteiger partial charge >= 0.3 is 0 Å². The number of aryl methyl sites for hydroxylation is 1. The first-order valence-corrected chi connectivity index (χ1v) is 12.0. The van der Waals surface area contributed by atoms with Gasteiger partial charge in [-0.25, -0.2) is 10.4 Å². The number of hydrogen-bond donors (Lipinski definition) is 1. The molecule has 5 rings (SSSR count). The van der Waals surface area contributed by atoms with E-state index in [0.29, 0.717) is 27.9 Å². The fraction of sp³-hybridized carbons (Fsp3) is 0.0345. The van der Waals surface area contributed by atoms with Crippen LogP contribution in [0, 0.1) is 6.92 Å². The van der Waals surface area contributed by atoms with Gasteiger partial charge in [0.1, 0.15) is 11.8 Å². The first-order chi connectivity index (χ1) is 17.5. The Bertz CT molecular complexity index is 1660. The average molecular weight is 538 g/mol. The molecule has 1 amide bonds. The summed E-state index contributed by atoms with van der Waals surface area (Å²) in [5, 5.41) is 4.43. The van der Waals surface area contributed by atoms with E-state index in [9.17, 15) is 9.59 Å². The summed E-state index contributed by atoms with van der Waals surface area (Å²) >= 11 is 3.36. The van der Waals surface area contributed by atoms with Crippen LogP contribution in [0.2, 0.25) is 0 Å². The fourth-order valence-electron chi connectivity index (χ4n) is 3.72. The van der Waals surface area contributed by atoms with Crippen LogP contribution in [0.3, 0.4) is 0 Å². The van der Waals surface area contributed by atoms with Crippen molar-refractivity contribution in [1.82, 2.24) is 10.4 Å². The van der Waals surface area contributed by atoms with E-state index in [0.717, 1.165) is 21.2 Å². The zero-order chi connectivity index (χ0) is 25.1. The zero-order valence-corrected chi connectivity index (χ0v) is 20.8. The molecule has 0 aliphatic rings. The standard InChI is InChI=1S/C29H20BrN3O3/c1-18-7-9-20(10-8-18)26-14-21(13-25(32-26)19-5-3-2-4-6-19)29(35)33-31-16-22-17-36-27-12-11-23(30)15-24(27)28(22)34/h2-17H,1H3,(H,33,35)/b31-16+. The number of rotatable bonds is 5. The van der Waals surface area contributed by atoms with Gasteiger partial charge < -0.3 is 4.42 Å². The van der Waals surface area contributed by atoms with Crippen molar-refractivity contribution in [3.05, 3.63) is 123 Å². The molecule has 36 heavy (non-hydrogen) atoms. The van der Waals surface area contributed by atoms with E-state index in [1.54, 1.807) is 30.3 Å². The maximum atomic E-state index is 13.0. The SMILES string of the molecule is Cc1ccc(-c2cc(C(=O)N/N=C/c3coc4ccc(Br)cc4c3=O)cc(-c3ccccc3)n2)cc1. The topological polar surface area (TPSA) is 84.6 Å². The van der Waals surface area contributed by atoms with Gasteiger partial charge in [-0.1, -0.05) is 76.1 Å². The molecule has 7 heteroatoms. The first kappa shape index (κ1) is 23.4. The molecule has 6 nitrogen and oxygen atoms in total. The highest BCUT2D eigenvalue weighted by Crippen LogP contribution is 2.25. The minimum Gasteiger partial charge on any atom is -0.463 e. The van der Waals surface area contributed by atoms with Crippen molar-refractivity contribution in [1.29, 1.82) is 0 Å². The van der Waals surface area contributed by atoms with Gasteiger partial charge in [0.2, 0.25) is 5.43 Å². The number of amides is 1. The second-order valence-corrected chi connectivity index (χ2v) is 9.13. The summed E-state index contributed by atoms with van der Waals surface area (Å²) in [4.78, 5) is 30.6. The summed E-state index contributed by atoms with van der Waals surface area (Å²) in [7, 11) is 0. The number of nitrogens with zero attached hydrogens (tertiary/aromatic N) is 2. The molecule has 3 aromatic carbocycles. The Hall–Kier alpha value is -4.36. The molecule has 0 saturated heterocycles. The van der Waals surface area contributed by atoms with Gasteiger partial charge in [0.15, 0.2) is 0 Å². The second kappa shape index (κ2) is 10.1. The molecule has 0 unspecified atom stereocenters. The molecule has 2 aromatic heterocycles. The highest BCUT2D eigenvalue weighted by atomic mass is 79.9. The zero-order valence-electron chi connectivity index (χ0n) is 19.2. The Kier molecular flexibility index (Phi) is 6.56. The average Bonchev–Trinajstić information content (AvgIpc) is 2.91. The quantitative estimate of drug-likeness (QED) is 0.209. The van der Waals surface area contributed by atoms with E-state index in [1.165, 1.54) is 12.5 Å². The monoisotopic (exact) mass is 537 g/mol. The van der Waals surface area contributed by atoms with Crippen LogP contribution in [-0.2, 0) is 0 Å². The second-order valence-electron chi connectivity index (χ2n) is 8.22. The summed E-state index contributed by atoms with van der Waals surface area (Å²) in [6.07, 6.45) is 2.61. The number of pyridine rings is 1. The fourth-order valence-corrected chi connectivity index (χ4v) is 4.08. The van der Waals surface area contributed by atoms with Gasteiger partial charge in [-0.15, -0.1) is 0 Å². The van der Waals surface area contributed by atoms with Gasteiger partial charge in [0, 0.05) is 21.2 Å². The van der Waals surface area contributed by atoms with Gasteiger partial charge in [0.25, 0.3) is 5.91 Å². The summed E-state index contributed by atoms with van der Waals surface area (Å²) < 4.78 is 6.29. The van der Waals surface area contributed by atoms with Crippen molar-refractivity contribution >= 4 is 39.0 Å². The van der Waals surface area contributed by atoms with Gasteiger partial charge in [0.05, 0.1) is 28.6 Å². The van der Waals surface area contributed by atoms with Crippen LogP contribution in [-0.4, -0.2) is 17.1 Å². The summed E-state index contributed by atoms with van der Waals surface area (Å²) in [6.45, 7) is 2.02. The van der Waals surface area contributed by atoms with Gasteiger partial charge in [-0.05, 0) is 37.3 Å². The lowest BCUT2D eigenvalue weighted by Gasteiger charge is -2.09. The smallest absolute Gasteiger partial charge is 0.271 e. The molecule has 0 saturated carbocycles. The van der Waals surface area contributed by atoms with Crippen LogP contribution in [0.4, 0.5) is 0 Å². The van der Waals surface area contributed by atoms with Crippen LogP contribution < -0.4 is 10.9 Å². The van der Waals surface area contributed by atoms with E-state index in [1.807, 2.05) is 61.5 Å². The number of carbonyl (C=O) groups is 1. The lowest BCUT2D eigenvalue weighted by atomic mass is 10.0. The molecule has 5 aromatic rings. The van der Waals surface area contributed by atoms with Crippen molar-refractivity contribution in [3.63, 3.8) is 0 Å². The number of aromatic nitrogens is 1. The van der Waals surface area contributed by atoms with Crippen LogP contribution >= 0.6 is 15.9 Å². The predicted octanol–water partition coefficient (Wildman–Crippen LogP) is 6.36. The molecule has 0 fully saturated rings. The minimum atomic E-state index is -0.424. The molecule has 0 bridgehead atoms. The van der Waals surface area contributed by atoms with Crippen molar-refractivity contribution in [2.75, 3.05) is 0 Å². The van der Waals surface area contributed by atoms with Crippen molar-refractivity contribution < 1.29 is 9.21 Å². The van der Waals surface area contributed by atoms with Crippen LogP contribution in [0.1, 0.15) is 21.5 Å². The molecule has 0 aliphatic heterocycles. The van der Waals surface area contributed by atoms with E-state index in [-0.39, 0.29) is 11.0 Å². The largest absolute Gasteiger partial charge is 0.463 e. The van der Waals surface area contributed by atoms with Crippen LogP contribution in [0.25, 0.3) is 33.5 Å². The maximum Gasteiger partial charge on any atom is 0.271 e. The number of fused-ring (bicyclic) bond motifs is 1. The number of nitrogens with one attached hydrogen (secondary N) is 1. The molecule has 1 N–H and O–H groups in total. The molecule has 0 spiro atoms. The summed E-state index contributed by atoms with van der Waals surface area (Å²) in [6, 6.07) is 26.3. The predicted molar refractivity (Wildman–Crippen MR) is 145 cm³/mol. The van der Waals surface area contributed by atoms with Gasteiger partial charge in [-0.3, -0.25) is 9.59 Å². The van der Waals surface area contributed by atoms with E-state index in [2.05, 4.69) is 26.5 Å². The van der Waals surface area contributed by atoms with Crippen LogP contribution in [0.5, 0.6) is 0 Å². The molecule has 0 atom stereocenters. The summed E-state index contributed by atoms with van der Waals surface area (Å²) in [5.41, 5.74) is 7.63. The van der Waals surface area contributed by atoms with Crippen molar-refractivity contribution in [2.45, 2.75) is 6.92 Å². The Morgan fingerprint density at radius 1 is 0.944 bits per heavy atom. The molecule has 0 radical (unpaired) electrons. The number of carbonyl (C=O) groups excluding carboxylic acids is 1. The summed E-state index contributed by atoms with van der Waals surface area (Å²) in [5.74, 6) is -0.424. The number of halogens is 1. The van der Waals surface area contributed by atoms with Crippen LogP contribution in [0.15, 0.2) is 110 Å². The van der Waals surface area contributed by atoms with Crippen molar-refractivity contribution in [3.8, 4) is 22.5 Å².